The van der Waals surface area contributed by atoms with Crippen LogP contribution in [0, 0.1) is 0 Å². The molecule has 1 aromatic rings. The Kier molecular flexibility index (Phi) is 4.39. The molecule has 1 aromatic carbocycles. The standard InChI is InChI=1S/C12H15BrClNO/c1-8(14)12(2,3)15-11(16)9-6-4-5-7-10(9)13/h4-8H,1-3H3,(H,15,16). The lowest BCUT2D eigenvalue weighted by Crippen LogP contribution is -2.49. The van der Waals surface area contributed by atoms with Crippen LogP contribution in [0.5, 0.6) is 0 Å². The molecule has 1 atom stereocenters. The number of carbonyl (C=O) groups excluding carboxylic acids is 1. The fourth-order valence-corrected chi connectivity index (χ4v) is 1.62. The number of nitrogens with one attached hydrogen (secondary N) is 1. The van der Waals surface area contributed by atoms with Crippen LogP contribution < -0.4 is 5.32 Å². The Balaban J connectivity index is 2.85. The Bertz CT molecular complexity index is 390. The van der Waals surface area contributed by atoms with Gasteiger partial charge in [0.2, 0.25) is 0 Å². The zero-order chi connectivity index (χ0) is 12.3. The first kappa shape index (κ1) is 13.5. The van der Waals surface area contributed by atoms with E-state index >= 15 is 0 Å². The Morgan fingerprint density at radius 3 is 2.50 bits per heavy atom. The molecule has 16 heavy (non-hydrogen) atoms. The molecule has 1 amide bonds. The molecule has 0 aliphatic carbocycles. The molecule has 0 heterocycles. The quantitative estimate of drug-likeness (QED) is 0.850. The average molecular weight is 305 g/mol. The molecule has 0 aliphatic heterocycles. The molecule has 1 N–H and O–H groups in total. The maximum absolute atomic E-state index is 12.0. The van der Waals surface area contributed by atoms with Gasteiger partial charge < -0.3 is 5.32 Å². The van der Waals surface area contributed by atoms with Crippen LogP contribution in [0.2, 0.25) is 0 Å². The van der Waals surface area contributed by atoms with E-state index < -0.39 is 5.54 Å². The molecule has 4 heteroatoms. The molecule has 0 bridgehead atoms. The summed E-state index contributed by atoms with van der Waals surface area (Å²) in [6.07, 6.45) is 0. The second-order valence-corrected chi connectivity index (χ2v) is 5.78. The number of carbonyl (C=O) groups is 1. The molecule has 0 spiro atoms. The molecule has 1 rings (SSSR count). The maximum atomic E-state index is 12.0. The van der Waals surface area contributed by atoms with Gasteiger partial charge in [-0.25, -0.2) is 0 Å². The predicted octanol–water partition coefficient (Wildman–Crippen LogP) is 3.58. The van der Waals surface area contributed by atoms with Crippen molar-refractivity contribution in [1.82, 2.24) is 5.32 Å². The highest BCUT2D eigenvalue weighted by molar-refractivity contribution is 9.10. The SMILES string of the molecule is CC(Cl)C(C)(C)NC(=O)c1ccccc1Br. The zero-order valence-corrected chi connectivity index (χ0v) is 11.9. The van der Waals surface area contributed by atoms with E-state index in [4.69, 9.17) is 11.6 Å². The number of hydrogen-bond donors (Lipinski definition) is 1. The molecular formula is C12H15BrClNO. The molecule has 0 fully saturated rings. The molecule has 0 saturated heterocycles. The highest BCUT2D eigenvalue weighted by Crippen LogP contribution is 2.19. The molecule has 2 nitrogen and oxygen atoms in total. The Labute approximate surface area is 110 Å². The van der Waals surface area contributed by atoms with Gasteiger partial charge in [0.15, 0.2) is 0 Å². The van der Waals surface area contributed by atoms with Gasteiger partial charge >= 0.3 is 0 Å². The normalized spacial score (nSPS) is 13.3. The van der Waals surface area contributed by atoms with Crippen molar-refractivity contribution in [2.24, 2.45) is 0 Å². The third kappa shape index (κ3) is 3.22. The number of halogens is 2. The van der Waals surface area contributed by atoms with Crippen LogP contribution in [0.1, 0.15) is 31.1 Å². The summed E-state index contributed by atoms with van der Waals surface area (Å²) in [4.78, 5) is 12.0. The monoisotopic (exact) mass is 303 g/mol. The minimum absolute atomic E-state index is 0.120. The number of benzene rings is 1. The molecule has 0 aliphatic rings. The molecule has 1 unspecified atom stereocenters. The van der Waals surface area contributed by atoms with Crippen molar-refractivity contribution in [2.45, 2.75) is 31.7 Å². The first-order chi connectivity index (χ1) is 7.34. The second-order valence-electron chi connectivity index (χ2n) is 4.27. The second kappa shape index (κ2) is 5.19. The molecule has 0 saturated carbocycles. The van der Waals surface area contributed by atoms with E-state index in [-0.39, 0.29) is 11.3 Å². The lowest BCUT2D eigenvalue weighted by molar-refractivity contribution is 0.0911. The fourth-order valence-electron chi connectivity index (χ4n) is 1.10. The number of hydrogen-bond acceptors (Lipinski definition) is 1. The van der Waals surface area contributed by atoms with Gasteiger partial charge in [0.05, 0.1) is 16.5 Å². The van der Waals surface area contributed by atoms with Gasteiger partial charge in [-0.3, -0.25) is 4.79 Å². The van der Waals surface area contributed by atoms with Crippen molar-refractivity contribution in [3.8, 4) is 0 Å². The van der Waals surface area contributed by atoms with E-state index in [9.17, 15) is 4.79 Å². The maximum Gasteiger partial charge on any atom is 0.252 e. The third-order valence-corrected chi connectivity index (χ3v) is 3.79. The smallest absolute Gasteiger partial charge is 0.252 e. The summed E-state index contributed by atoms with van der Waals surface area (Å²) in [7, 11) is 0. The van der Waals surface area contributed by atoms with E-state index in [2.05, 4.69) is 21.2 Å². The van der Waals surface area contributed by atoms with Crippen LogP contribution in [0.15, 0.2) is 28.7 Å². The summed E-state index contributed by atoms with van der Waals surface area (Å²) < 4.78 is 0.783. The Hall–Kier alpha value is -0.540. The van der Waals surface area contributed by atoms with Gasteiger partial charge in [0.1, 0.15) is 0 Å². The molecule has 0 radical (unpaired) electrons. The minimum atomic E-state index is -0.437. The lowest BCUT2D eigenvalue weighted by atomic mass is 10.0. The highest BCUT2D eigenvalue weighted by Gasteiger charge is 2.26. The van der Waals surface area contributed by atoms with Gasteiger partial charge in [-0.1, -0.05) is 12.1 Å². The van der Waals surface area contributed by atoms with Crippen LogP contribution in [-0.2, 0) is 0 Å². The molecule has 0 aromatic heterocycles. The van der Waals surface area contributed by atoms with E-state index in [1.54, 1.807) is 6.07 Å². The van der Waals surface area contributed by atoms with Crippen LogP contribution in [0.4, 0.5) is 0 Å². The van der Waals surface area contributed by atoms with Crippen molar-refractivity contribution in [3.63, 3.8) is 0 Å². The fraction of sp³-hybridized carbons (Fsp3) is 0.417. The van der Waals surface area contributed by atoms with Crippen LogP contribution >= 0.6 is 27.5 Å². The summed E-state index contributed by atoms with van der Waals surface area (Å²) in [6, 6.07) is 7.31. The van der Waals surface area contributed by atoms with Crippen LogP contribution in [0.25, 0.3) is 0 Å². The van der Waals surface area contributed by atoms with E-state index in [1.807, 2.05) is 39.0 Å². The van der Waals surface area contributed by atoms with Gasteiger partial charge in [-0.05, 0) is 48.8 Å². The van der Waals surface area contributed by atoms with Crippen molar-refractivity contribution in [1.29, 1.82) is 0 Å². The van der Waals surface area contributed by atoms with Gasteiger partial charge in [0.25, 0.3) is 5.91 Å². The topological polar surface area (TPSA) is 29.1 Å². The number of rotatable bonds is 3. The lowest BCUT2D eigenvalue weighted by Gasteiger charge is -2.29. The van der Waals surface area contributed by atoms with Crippen LogP contribution in [0.3, 0.4) is 0 Å². The highest BCUT2D eigenvalue weighted by atomic mass is 79.9. The summed E-state index contributed by atoms with van der Waals surface area (Å²) in [5.41, 5.74) is 0.182. The average Bonchev–Trinajstić information content (AvgIpc) is 2.17. The Morgan fingerprint density at radius 1 is 1.44 bits per heavy atom. The summed E-state index contributed by atoms with van der Waals surface area (Å²) >= 11 is 9.36. The molecule has 88 valence electrons. The van der Waals surface area contributed by atoms with Crippen molar-refractivity contribution in [2.75, 3.05) is 0 Å². The predicted molar refractivity (Wildman–Crippen MR) is 71.0 cm³/mol. The first-order valence-electron chi connectivity index (χ1n) is 5.05. The first-order valence-corrected chi connectivity index (χ1v) is 6.28. The van der Waals surface area contributed by atoms with E-state index in [0.717, 1.165) is 4.47 Å². The largest absolute Gasteiger partial charge is 0.346 e. The third-order valence-electron chi connectivity index (χ3n) is 2.55. The molecular weight excluding hydrogens is 289 g/mol. The minimum Gasteiger partial charge on any atom is -0.346 e. The Morgan fingerprint density at radius 2 is 2.00 bits per heavy atom. The van der Waals surface area contributed by atoms with Gasteiger partial charge in [-0.15, -0.1) is 11.6 Å². The summed E-state index contributed by atoms with van der Waals surface area (Å²) in [5, 5.41) is 2.77. The van der Waals surface area contributed by atoms with Crippen molar-refractivity contribution < 1.29 is 4.79 Å². The van der Waals surface area contributed by atoms with Crippen LogP contribution in [-0.4, -0.2) is 16.8 Å². The zero-order valence-electron chi connectivity index (χ0n) is 9.55. The van der Waals surface area contributed by atoms with E-state index in [0.29, 0.717) is 5.56 Å². The van der Waals surface area contributed by atoms with E-state index in [1.165, 1.54) is 0 Å². The van der Waals surface area contributed by atoms with Gasteiger partial charge in [-0.2, -0.15) is 0 Å². The summed E-state index contributed by atoms with van der Waals surface area (Å²) in [6.45, 7) is 5.67. The number of amides is 1. The number of alkyl halides is 1. The van der Waals surface area contributed by atoms with Gasteiger partial charge in [0, 0.05) is 4.47 Å². The van der Waals surface area contributed by atoms with Crippen molar-refractivity contribution in [3.05, 3.63) is 34.3 Å². The summed E-state index contributed by atoms with van der Waals surface area (Å²) in [5.74, 6) is -0.120. The van der Waals surface area contributed by atoms with Crippen molar-refractivity contribution >= 4 is 33.4 Å².